The van der Waals surface area contributed by atoms with Gasteiger partial charge in [-0.25, -0.2) is 0 Å². The molecule has 0 radical (unpaired) electrons. The molecule has 2 aromatic carbocycles. The van der Waals surface area contributed by atoms with Crippen LogP contribution in [0.3, 0.4) is 0 Å². The Kier molecular flexibility index (Phi) is 3.96. The molecule has 3 atom stereocenters. The summed E-state index contributed by atoms with van der Waals surface area (Å²) in [5.41, 5.74) is 2.17. The number of likely N-dealkylation sites (tertiary alicyclic amines) is 1. The highest BCUT2D eigenvalue weighted by atomic mass is 16.3. The predicted molar refractivity (Wildman–Crippen MR) is 93.0 cm³/mol. The van der Waals surface area contributed by atoms with Crippen LogP contribution in [0.25, 0.3) is 0 Å². The highest BCUT2D eigenvalue weighted by molar-refractivity contribution is 5.25. The van der Waals surface area contributed by atoms with Crippen LogP contribution in [-0.2, 0) is 6.54 Å². The molecule has 23 heavy (non-hydrogen) atoms. The Morgan fingerprint density at radius 3 is 2.39 bits per heavy atom. The highest BCUT2D eigenvalue weighted by Crippen LogP contribution is 2.49. The van der Waals surface area contributed by atoms with Crippen molar-refractivity contribution in [3.05, 3.63) is 71.8 Å². The van der Waals surface area contributed by atoms with E-state index in [1.807, 2.05) is 0 Å². The van der Waals surface area contributed by atoms with Gasteiger partial charge in [0, 0.05) is 18.6 Å². The van der Waals surface area contributed by atoms with Crippen molar-refractivity contribution in [1.29, 1.82) is 0 Å². The maximum Gasteiger partial charge on any atom is 0.0820 e. The number of hydrogen-bond donors (Lipinski definition) is 1. The van der Waals surface area contributed by atoms with Crippen molar-refractivity contribution in [1.82, 2.24) is 4.90 Å². The van der Waals surface area contributed by atoms with Crippen LogP contribution in [0.1, 0.15) is 49.3 Å². The van der Waals surface area contributed by atoms with Crippen molar-refractivity contribution in [2.45, 2.75) is 56.3 Å². The first kappa shape index (κ1) is 14.9. The highest BCUT2D eigenvalue weighted by Gasteiger charge is 2.51. The Morgan fingerprint density at radius 2 is 1.65 bits per heavy atom. The number of hydrogen-bond acceptors (Lipinski definition) is 2. The fourth-order valence-corrected chi connectivity index (χ4v) is 4.59. The Hall–Kier alpha value is -1.64. The van der Waals surface area contributed by atoms with Crippen LogP contribution in [0.4, 0.5) is 0 Å². The van der Waals surface area contributed by atoms with E-state index in [0.29, 0.717) is 12.1 Å². The van der Waals surface area contributed by atoms with Gasteiger partial charge in [-0.1, -0.05) is 73.5 Å². The maximum absolute atomic E-state index is 11.2. The van der Waals surface area contributed by atoms with E-state index < -0.39 is 5.60 Å². The molecule has 1 heterocycles. The number of nitrogens with zero attached hydrogens (tertiary/aromatic N) is 1. The lowest BCUT2D eigenvalue weighted by atomic mass is 9.80. The third-order valence-electron chi connectivity index (χ3n) is 5.70. The van der Waals surface area contributed by atoms with Gasteiger partial charge in [-0.15, -0.1) is 0 Å². The van der Waals surface area contributed by atoms with E-state index in [1.54, 1.807) is 0 Å². The third-order valence-corrected chi connectivity index (χ3v) is 5.70. The van der Waals surface area contributed by atoms with Gasteiger partial charge >= 0.3 is 0 Å². The molecule has 2 nitrogen and oxygen atoms in total. The molecule has 0 aromatic heterocycles. The zero-order chi connectivity index (χ0) is 15.7. The van der Waals surface area contributed by atoms with Crippen molar-refractivity contribution in [3.63, 3.8) is 0 Å². The standard InChI is InChI=1S/C21H25NO/c23-21-14-8-7-13-20(21)22(16-17-9-3-1-4-10-17)19(15-21)18-11-5-2-6-12-18/h1-6,9-12,19-20,23H,7-8,13-16H2/t19-,20-,21+/m1/s1. The zero-order valence-electron chi connectivity index (χ0n) is 13.6. The summed E-state index contributed by atoms with van der Waals surface area (Å²) >= 11 is 0. The average Bonchev–Trinajstić information content (AvgIpc) is 2.89. The minimum absolute atomic E-state index is 0.293. The third kappa shape index (κ3) is 2.82. The quantitative estimate of drug-likeness (QED) is 0.913. The fraction of sp³-hybridized carbons (Fsp3) is 0.429. The summed E-state index contributed by atoms with van der Waals surface area (Å²) in [5, 5.41) is 11.2. The molecule has 4 rings (SSSR count). The molecule has 1 aliphatic heterocycles. The molecule has 1 N–H and O–H groups in total. The van der Waals surface area contributed by atoms with Crippen LogP contribution in [0.15, 0.2) is 60.7 Å². The van der Waals surface area contributed by atoms with Crippen molar-refractivity contribution in [3.8, 4) is 0 Å². The van der Waals surface area contributed by atoms with Gasteiger partial charge in [0.25, 0.3) is 0 Å². The van der Waals surface area contributed by atoms with Crippen molar-refractivity contribution in [2.24, 2.45) is 0 Å². The normalized spacial score (nSPS) is 31.0. The molecule has 0 amide bonds. The molecule has 2 aliphatic rings. The molecular weight excluding hydrogens is 282 g/mol. The predicted octanol–water partition coefficient (Wildman–Crippen LogP) is 4.31. The zero-order valence-corrected chi connectivity index (χ0v) is 13.6. The SMILES string of the molecule is O[C@]12CCCC[C@H]1N(Cc1ccccc1)[C@@H](c1ccccc1)C2. The molecular formula is C21H25NO. The van der Waals surface area contributed by atoms with Crippen LogP contribution < -0.4 is 0 Å². The Bertz CT molecular complexity index is 641. The maximum atomic E-state index is 11.2. The molecule has 0 bridgehead atoms. The van der Waals surface area contributed by atoms with E-state index >= 15 is 0 Å². The molecule has 1 aliphatic carbocycles. The Balaban J connectivity index is 1.68. The van der Waals surface area contributed by atoms with Gasteiger partial charge in [0.05, 0.1) is 5.60 Å². The van der Waals surface area contributed by atoms with Crippen LogP contribution in [0, 0.1) is 0 Å². The van der Waals surface area contributed by atoms with Crippen molar-refractivity contribution < 1.29 is 5.11 Å². The van der Waals surface area contributed by atoms with Gasteiger partial charge in [0.15, 0.2) is 0 Å². The van der Waals surface area contributed by atoms with Gasteiger partial charge in [-0.05, 0) is 30.4 Å². The lowest BCUT2D eigenvalue weighted by Crippen LogP contribution is -2.46. The minimum Gasteiger partial charge on any atom is -0.388 e. The summed E-state index contributed by atoms with van der Waals surface area (Å²) in [5.74, 6) is 0. The van der Waals surface area contributed by atoms with Crippen LogP contribution in [0.5, 0.6) is 0 Å². The van der Waals surface area contributed by atoms with E-state index in [9.17, 15) is 5.11 Å². The number of benzene rings is 2. The monoisotopic (exact) mass is 307 g/mol. The second-order valence-electron chi connectivity index (χ2n) is 7.15. The van der Waals surface area contributed by atoms with Gasteiger partial charge < -0.3 is 5.11 Å². The number of fused-ring (bicyclic) bond motifs is 1. The summed E-state index contributed by atoms with van der Waals surface area (Å²) in [4.78, 5) is 2.56. The largest absolute Gasteiger partial charge is 0.388 e. The second kappa shape index (κ2) is 6.10. The lowest BCUT2D eigenvalue weighted by molar-refractivity contribution is -0.0276. The fourth-order valence-electron chi connectivity index (χ4n) is 4.59. The molecule has 2 heteroatoms. The van der Waals surface area contributed by atoms with E-state index in [0.717, 1.165) is 32.2 Å². The molecule has 1 saturated carbocycles. The molecule has 2 fully saturated rings. The van der Waals surface area contributed by atoms with E-state index in [1.165, 1.54) is 17.5 Å². The van der Waals surface area contributed by atoms with Crippen molar-refractivity contribution >= 4 is 0 Å². The van der Waals surface area contributed by atoms with Crippen LogP contribution >= 0.6 is 0 Å². The summed E-state index contributed by atoms with van der Waals surface area (Å²) in [6, 6.07) is 22.0. The van der Waals surface area contributed by atoms with Gasteiger partial charge in [-0.3, -0.25) is 4.90 Å². The molecule has 2 aromatic rings. The molecule has 0 unspecified atom stereocenters. The first-order valence-corrected chi connectivity index (χ1v) is 8.83. The summed E-state index contributed by atoms with van der Waals surface area (Å²) < 4.78 is 0. The Labute approximate surface area is 138 Å². The summed E-state index contributed by atoms with van der Waals surface area (Å²) in [6.07, 6.45) is 5.33. The van der Waals surface area contributed by atoms with Gasteiger partial charge in [0.1, 0.15) is 0 Å². The second-order valence-corrected chi connectivity index (χ2v) is 7.15. The van der Waals surface area contributed by atoms with Gasteiger partial charge in [0.2, 0.25) is 0 Å². The van der Waals surface area contributed by atoms with Crippen LogP contribution in [0.2, 0.25) is 0 Å². The molecule has 1 saturated heterocycles. The topological polar surface area (TPSA) is 23.5 Å². The summed E-state index contributed by atoms with van der Waals surface area (Å²) in [7, 11) is 0. The van der Waals surface area contributed by atoms with Crippen LogP contribution in [-0.4, -0.2) is 21.6 Å². The Morgan fingerprint density at radius 1 is 0.957 bits per heavy atom. The van der Waals surface area contributed by atoms with Gasteiger partial charge in [-0.2, -0.15) is 0 Å². The lowest BCUT2D eigenvalue weighted by Gasteiger charge is -2.38. The molecule has 120 valence electrons. The first-order valence-electron chi connectivity index (χ1n) is 8.83. The van der Waals surface area contributed by atoms with E-state index in [-0.39, 0.29) is 0 Å². The first-order chi connectivity index (χ1) is 11.3. The number of aliphatic hydroxyl groups is 1. The average molecular weight is 307 g/mol. The number of rotatable bonds is 3. The van der Waals surface area contributed by atoms with E-state index in [2.05, 4.69) is 65.6 Å². The van der Waals surface area contributed by atoms with Crippen molar-refractivity contribution in [2.75, 3.05) is 0 Å². The minimum atomic E-state index is -0.506. The van der Waals surface area contributed by atoms with E-state index in [4.69, 9.17) is 0 Å². The molecule has 0 spiro atoms. The summed E-state index contributed by atoms with van der Waals surface area (Å²) in [6.45, 7) is 0.924. The smallest absolute Gasteiger partial charge is 0.0820 e.